The van der Waals surface area contributed by atoms with Crippen LogP contribution in [0.2, 0.25) is 0 Å². The molecular weight excluding hydrogens is 362 g/mol. The Morgan fingerprint density at radius 1 is 0.769 bits per heavy atom. The summed E-state index contributed by atoms with van der Waals surface area (Å²) in [6, 6.07) is 6.52. The normalized spacial score (nSPS) is 12.9. The van der Waals surface area contributed by atoms with Crippen molar-refractivity contribution in [3.05, 3.63) is 59.7 Å². The Bertz CT molecular complexity index is 703. The largest absolute Gasteiger partial charge is 0.508 e. The molecule has 0 aromatic heterocycles. The molecule has 2 nitrogen and oxygen atoms in total. The number of rotatable bonds is 5. The highest BCUT2D eigenvalue weighted by molar-refractivity contribution is 5.46. The van der Waals surface area contributed by atoms with Gasteiger partial charge in [0, 0.05) is 0 Å². The van der Waals surface area contributed by atoms with Crippen molar-refractivity contribution in [2.45, 2.75) is 31.1 Å². The lowest BCUT2D eigenvalue weighted by Gasteiger charge is -2.38. The van der Waals surface area contributed by atoms with E-state index in [2.05, 4.69) is 0 Å². The van der Waals surface area contributed by atoms with E-state index in [-0.39, 0.29) is 5.75 Å². The summed E-state index contributed by atoms with van der Waals surface area (Å²) in [6.45, 7) is 2.11. The Labute approximate surface area is 146 Å². The zero-order valence-electron chi connectivity index (χ0n) is 13.7. The van der Waals surface area contributed by atoms with Crippen molar-refractivity contribution in [1.29, 1.82) is 0 Å². The van der Waals surface area contributed by atoms with Crippen molar-refractivity contribution < 1.29 is 36.2 Å². The number of benzene rings is 2. The lowest BCUT2D eigenvalue weighted by Crippen LogP contribution is -2.54. The van der Waals surface area contributed by atoms with Gasteiger partial charge in [-0.1, -0.05) is 31.2 Å². The van der Waals surface area contributed by atoms with Crippen LogP contribution >= 0.6 is 0 Å². The highest BCUT2D eigenvalue weighted by atomic mass is 19.4. The SMILES string of the molecule is CCCOc1ccc(C(c2ccc(O)cc2)(C(F)(F)F)C(F)(F)F)cc1. The molecule has 0 unspecified atom stereocenters. The van der Waals surface area contributed by atoms with Crippen molar-refractivity contribution in [3.8, 4) is 11.5 Å². The molecule has 0 fully saturated rings. The number of phenolic OH excluding ortho intramolecular Hbond substituents is 1. The average Bonchev–Trinajstić information content (AvgIpc) is 2.54. The minimum Gasteiger partial charge on any atom is -0.508 e. The molecule has 142 valence electrons. The van der Waals surface area contributed by atoms with Crippen molar-refractivity contribution in [2.24, 2.45) is 0 Å². The Morgan fingerprint density at radius 2 is 1.19 bits per heavy atom. The monoisotopic (exact) mass is 378 g/mol. The molecule has 0 saturated heterocycles. The van der Waals surface area contributed by atoms with Crippen LogP contribution in [0.5, 0.6) is 11.5 Å². The van der Waals surface area contributed by atoms with Crippen LogP contribution in [0, 0.1) is 0 Å². The molecule has 1 N–H and O–H groups in total. The maximum absolute atomic E-state index is 13.8. The summed E-state index contributed by atoms with van der Waals surface area (Å²) in [5.74, 6) is -0.255. The lowest BCUT2D eigenvalue weighted by molar-refractivity contribution is -0.288. The van der Waals surface area contributed by atoms with Gasteiger partial charge in [0.15, 0.2) is 0 Å². The van der Waals surface area contributed by atoms with Gasteiger partial charge in [0.05, 0.1) is 6.61 Å². The second-order valence-corrected chi connectivity index (χ2v) is 5.67. The fourth-order valence-corrected chi connectivity index (χ4v) is 2.71. The van der Waals surface area contributed by atoms with Crippen LogP contribution < -0.4 is 4.74 Å². The third-order valence-electron chi connectivity index (χ3n) is 3.91. The second kappa shape index (κ2) is 7.09. The van der Waals surface area contributed by atoms with E-state index in [1.165, 1.54) is 0 Å². The molecule has 2 aromatic rings. The second-order valence-electron chi connectivity index (χ2n) is 5.67. The molecule has 0 aliphatic carbocycles. The Kier molecular flexibility index (Phi) is 5.44. The summed E-state index contributed by atoms with van der Waals surface area (Å²) in [4.78, 5) is 0. The first-order chi connectivity index (χ1) is 12.0. The van der Waals surface area contributed by atoms with E-state index in [0.29, 0.717) is 25.2 Å². The van der Waals surface area contributed by atoms with E-state index in [1.807, 2.05) is 6.92 Å². The Hall–Kier alpha value is -2.38. The molecule has 2 aromatic carbocycles. The zero-order chi connectivity index (χ0) is 19.6. The summed E-state index contributed by atoms with van der Waals surface area (Å²) in [5.41, 5.74) is -6.23. The predicted molar refractivity (Wildman–Crippen MR) is 83.2 cm³/mol. The van der Waals surface area contributed by atoms with Gasteiger partial charge >= 0.3 is 12.4 Å². The first-order valence-electron chi connectivity index (χ1n) is 7.70. The number of ether oxygens (including phenoxy) is 1. The molecule has 8 heteroatoms. The fourth-order valence-electron chi connectivity index (χ4n) is 2.71. The van der Waals surface area contributed by atoms with E-state index in [1.54, 1.807) is 0 Å². The van der Waals surface area contributed by atoms with Gasteiger partial charge in [-0.05, 0) is 41.8 Å². The van der Waals surface area contributed by atoms with E-state index >= 15 is 0 Å². The molecule has 0 amide bonds. The first kappa shape index (κ1) is 19.9. The summed E-state index contributed by atoms with van der Waals surface area (Å²) in [5, 5.41) is 9.24. The summed E-state index contributed by atoms with van der Waals surface area (Å²) in [6.07, 6.45) is -10.7. The van der Waals surface area contributed by atoms with Crippen LogP contribution in [-0.2, 0) is 5.41 Å². The molecule has 0 atom stereocenters. The molecule has 0 heterocycles. The number of hydrogen-bond acceptors (Lipinski definition) is 2. The molecule has 0 spiro atoms. The molecule has 0 radical (unpaired) electrons. The quantitative estimate of drug-likeness (QED) is 0.687. The van der Waals surface area contributed by atoms with Gasteiger partial charge < -0.3 is 9.84 Å². The number of phenols is 1. The smallest absolute Gasteiger partial charge is 0.411 e. The fraction of sp³-hybridized carbons (Fsp3) is 0.333. The molecule has 26 heavy (non-hydrogen) atoms. The van der Waals surface area contributed by atoms with E-state index in [0.717, 1.165) is 36.4 Å². The zero-order valence-corrected chi connectivity index (χ0v) is 13.7. The highest BCUT2D eigenvalue weighted by Crippen LogP contribution is 2.56. The van der Waals surface area contributed by atoms with Crippen LogP contribution in [0.4, 0.5) is 26.3 Å². The van der Waals surface area contributed by atoms with Crippen LogP contribution in [0.25, 0.3) is 0 Å². The van der Waals surface area contributed by atoms with E-state index in [4.69, 9.17) is 4.74 Å². The maximum atomic E-state index is 13.8. The third kappa shape index (κ3) is 3.45. The topological polar surface area (TPSA) is 29.5 Å². The summed E-state index contributed by atoms with van der Waals surface area (Å²) >= 11 is 0. The lowest BCUT2D eigenvalue weighted by atomic mass is 9.73. The number of alkyl halides is 6. The van der Waals surface area contributed by atoms with Crippen molar-refractivity contribution in [2.75, 3.05) is 6.61 Å². The van der Waals surface area contributed by atoms with E-state index < -0.39 is 34.6 Å². The number of hydrogen-bond donors (Lipinski definition) is 1. The number of halogens is 6. The third-order valence-corrected chi connectivity index (χ3v) is 3.91. The molecule has 2 rings (SSSR count). The standard InChI is InChI=1S/C18H16F6O2/c1-2-11-26-15-9-5-13(6-10-15)16(17(19,20)21,18(22,23)24)12-3-7-14(25)8-4-12/h3-10,25H,2,11H2,1H3. The predicted octanol–water partition coefficient (Wildman–Crippen LogP) is 5.59. The minimum atomic E-state index is -5.66. The highest BCUT2D eigenvalue weighted by Gasteiger charge is 2.72. The van der Waals surface area contributed by atoms with Crippen molar-refractivity contribution in [1.82, 2.24) is 0 Å². The molecule has 0 aliphatic heterocycles. The Morgan fingerprint density at radius 3 is 1.58 bits per heavy atom. The molecule has 0 bridgehead atoms. The van der Waals surface area contributed by atoms with Crippen LogP contribution in [0.1, 0.15) is 24.5 Å². The Balaban J connectivity index is 2.69. The summed E-state index contributed by atoms with van der Waals surface area (Å²) < 4.78 is 88.2. The van der Waals surface area contributed by atoms with Gasteiger partial charge in [0.2, 0.25) is 5.41 Å². The van der Waals surface area contributed by atoms with Gasteiger partial charge in [-0.3, -0.25) is 0 Å². The van der Waals surface area contributed by atoms with Gasteiger partial charge in [0.1, 0.15) is 11.5 Å². The van der Waals surface area contributed by atoms with Crippen molar-refractivity contribution >= 4 is 0 Å². The minimum absolute atomic E-state index is 0.180. The molecule has 0 aliphatic rings. The first-order valence-corrected chi connectivity index (χ1v) is 7.70. The van der Waals surface area contributed by atoms with Crippen LogP contribution in [0.15, 0.2) is 48.5 Å². The summed E-state index contributed by atoms with van der Waals surface area (Å²) in [7, 11) is 0. The molecular formula is C18H16F6O2. The van der Waals surface area contributed by atoms with Crippen LogP contribution in [-0.4, -0.2) is 24.1 Å². The van der Waals surface area contributed by atoms with Gasteiger partial charge in [0.25, 0.3) is 0 Å². The van der Waals surface area contributed by atoms with Crippen molar-refractivity contribution in [3.63, 3.8) is 0 Å². The van der Waals surface area contributed by atoms with Gasteiger partial charge in [-0.15, -0.1) is 0 Å². The van der Waals surface area contributed by atoms with Gasteiger partial charge in [-0.25, -0.2) is 0 Å². The molecule has 0 saturated carbocycles. The average molecular weight is 378 g/mol. The van der Waals surface area contributed by atoms with Crippen LogP contribution in [0.3, 0.4) is 0 Å². The van der Waals surface area contributed by atoms with Gasteiger partial charge in [-0.2, -0.15) is 26.3 Å². The van der Waals surface area contributed by atoms with E-state index in [9.17, 15) is 31.4 Å². The number of aromatic hydroxyl groups is 1. The maximum Gasteiger partial charge on any atom is 0.411 e.